The van der Waals surface area contributed by atoms with Gasteiger partial charge in [0.2, 0.25) is 5.91 Å². The monoisotopic (exact) mass is 380 g/mol. The lowest BCUT2D eigenvalue weighted by Crippen LogP contribution is -2.35. The highest BCUT2D eigenvalue weighted by molar-refractivity contribution is 5.96. The van der Waals surface area contributed by atoms with E-state index in [9.17, 15) is 9.59 Å². The molecule has 1 atom stereocenters. The van der Waals surface area contributed by atoms with E-state index >= 15 is 0 Å². The molecule has 0 bridgehead atoms. The van der Waals surface area contributed by atoms with E-state index < -0.39 is 17.9 Å². The molecule has 10 nitrogen and oxygen atoms in total. The second-order valence-electron chi connectivity index (χ2n) is 6.13. The van der Waals surface area contributed by atoms with Crippen molar-refractivity contribution in [3.8, 4) is 0 Å². The maximum absolute atomic E-state index is 11.7. The number of hydrogen-bond acceptors (Lipinski definition) is 8. The van der Waals surface area contributed by atoms with Crippen molar-refractivity contribution in [2.45, 2.75) is 25.8 Å². The van der Waals surface area contributed by atoms with Crippen molar-refractivity contribution in [3.05, 3.63) is 42.6 Å². The van der Waals surface area contributed by atoms with Crippen LogP contribution in [-0.4, -0.2) is 37.8 Å². The van der Waals surface area contributed by atoms with Crippen LogP contribution in [0.15, 0.2) is 36.9 Å². The third kappa shape index (κ3) is 4.29. The minimum absolute atomic E-state index is 0.0268. The van der Waals surface area contributed by atoms with E-state index in [1.165, 1.54) is 12.5 Å². The summed E-state index contributed by atoms with van der Waals surface area (Å²) in [6.45, 7) is 1.94. The number of rotatable bonds is 8. The van der Waals surface area contributed by atoms with E-state index in [-0.39, 0.29) is 11.5 Å². The van der Waals surface area contributed by atoms with Crippen LogP contribution in [0.25, 0.3) is 10.9 Å². The summed E-state index contributed by atoms with van der Waals surface area (Å²) in [6, 6.07) is 4.81. The maximum Gasteiger partial charge on any atom is 0.271 e. The molecule has 0 saturated carbocycles. The Morgan fingerprint density at radius 1 is 1.18 bits per heavy atom. The van der Waals surface area contributed by atoms with Crippen LogP contribution < -0.4 is 22.1 Å². The van der Waals surface area contributed by atoms with Crippen molar-refractivity contribution < 1.29 is 9.59 Å². The van der Waals surface area contributed by atoms with Gasteiger partial charge in [0.05, 0.1) is 11.7 Å². The molecule has 0 unspecified atom stereocenters. The van der Waals surface area contributed by atoms with Gasteiger partial charge in [0.1, 0.15) is 18.2 Å². The van der Waals surface area contributed by atoms with Crippen molar-refractivity contribution in [1.82, 2.24) is 19.9 Å². The topological polar surface area (TPSA) is 162 Å². The molecule has 0 aliphatic heterocycles. The highest BCUT2D eigenvalue weighted by Crippen LogP contribution is 2.22. The fourth-order valence-electron chi connectivity index (χ4n) is 2.68. The molecule has 2 amide bonds. The number of primary amides is 2. The minimum Gasteiger partial charge on any atom is -0.368 e. The second-order valence-corrected chi connectivity index (χ2v) is 6.13. The molecular formula is C18H20N8O2. The number of hydrogen-bond donors (Lipinski definition) is 4. The van der Waals surface area contributed by atoms with Gasteiger partial charge in [-0.3, -0.25) is 9.59 Å². The summed E-state index contributed by atoms with van der Waals surface area (Å²) in [5, 5.41) is 6.79. The summed E-state index contributed by atoms with van der Waals surface area (Å²) in [7, 11) is 0. The number of nitrogens with two attached hydrogens (primary N) is 2. The van der Waals surface area contributed by atoms with E-state index in [1.807, 2.05) is 19.1 Å². The summed E-state index contributed by atoms with van der Waals surface area (Å²) in [5.41, 5.74) is 12.2. The van der Waals surface area contributed by atoms with Gasteiger partial charge in [0, 0.05) is 17.3 Å². The molecule has 2 aromatic heterocycles. The van der Waals surface area contributed by atoms with Gasteiger partial charge in [-0.2, -0.15) is 0 Å². The first-order valence-corrected chi connectivity index (χ1v) is 8.67. The fraction of sp³-hybridized carbons (Fsp3) is 0.222. The lowest BCUT2D eigenvalue weighted by Gasteiger charge is -2.16. The first-order chi connectivity index (χ1) is 13.5. The van der Waals surface area contributed by atoms with Crippen LogP contribution >= 0.6 is 0 Å². The van der Waals surface area contributed by atoms with E-state index in [4.69, 9.17) is 11.5 Å². The number of benzene rings is 1. The fourth-order valence-corrected chi connectivity index (χ4v) is 2.68. The summed E-state index contributed by atoms with van der Waals surface area (Å²) >= 11 is 0. The molecule has 28 heavy (non-hydrogen) atoms. The van der Waals surface area contributed by atoms with Crippen LogP contribution in [-0.2, 0) is 4.79 Å². The van der Waals surface area contributed by atoms with Crippen molar-refractivity contribution in [1.29, 1.82) is 0 Å². The predicted octanol–water partition coefficient (Wildman–Crippen LogP) is 1.33. The zero-order valence-corrected chi connectivity index (χ0v) is 15.2. The quantitative estimate of drug-likeness (QED) is 0.455. The number of carbonyl (C=O) groups is 2. The van der Waals surface area contributed by atoms with Crippen LogP contribution in [0, 0.1) is 0 Å². The number of fused-ring (bicyclic) bond motifs is 1. The Kier molecular flexibility index (Phi) is 5.58. The molecule has 144 valence electrons. The molecule has 0 saturated heterocycles. The van der Waals surface area contributed by atoms with Gasteiger partial charge in [-0.05, 0) is 24.6 Å². The number of carbonyl (C=O) groups excluding carboxylic acids is 2. The molecule has 3 rings (SSSR count). The third-order valence-electron chi connectivity index (χ3n) is 4.02. The van der Waals surface area contributed by atoms with Gasteiger partial charge in [-0.25, -0.2) is 19.9 Å². The Balaban J connectivity index is 1.92. The average Bonchev–Trinajstić information content (AvgIpc) is 2.67. The van der Waals surface area contributed by atoms with Gasteiger partial charge in [0.15, 0.2) is 11.5 Å². The van der Waals surface area contributed by atoms with Crippen LogP contribution in [0.5, 0.6) is 0 Å². The first-order valence-electron chi connectivity index (χ1n) is 8.67. The van der Waals surface area contributed by atoms with Crippen LogP contribution in [0.2, 0.25) is 0 Å². The zero-order valence-electron chi connectivity index (χ0n) is 15.2. The van der Waals surface area contributed by atoms with Gasteiger partial charge in [-0.15, -0.1) is 0 Å². The number of aromatic nitrogens is 4. The Morgan fingerprint density at radius 3 is 2.71 bits per heavy atom. The number of nitrogens with zero attached hydrogens (tertiary/aromatic N) is 4. The van der Waals surface area contributed by atoms with E-state index in [0.717, 1.165) is 17.3 Å². The lowest BCUT2D eigenvalue weighted by atomic mass is 10.1. The molecule has 1 aromatic carbocycles. The summed E-state index contributed by atoms with van der Waals surface area (Å²) < 4.78 is 0. The van der Waals surface area contributed by atoms with Gasteiger partial charge in [0.25, 0.3) is 5.91 Å². The summed E-state index contributed by atoms with van der Waals surface area (Å²) in [6.07, 6.45) is 5.78. The van der Waals surface area contributed by atoms with Crippen molar-refractivity contribution in [2.24, 2.45) is 11.5 Å². The Bertz CT molecular complexity index is 1020. The molecule has 0 aliphatic carbocycles. The van der Waals surface area contributed by atoms with E-state index in [0.29, 0.717) is 17.9 Å². The first kappa shape index (κ1) is 19.0. The molecular weight excluding hydrogens is 360 g/mol. The SMILES string of the molecule is CCC[C@@H](Nc1cnc(C(N)=O)c(Nc2ccc3ncncc3c2)n1)C(N)=O. The number of amides is 2. The zero-order chi connectivity index (χ0) is 20.1. The molecule has 3 aromatic rings. The van der Waals surface area contributed by atoms with Crippen LogP contribution in [0.1, 0.15) is 30.3 Å². The summed E-state index contributed by atoms with van der Waals surface area (Å²) in [5.74, 6) is -0.764. The average molecular weight is 380 g/mol. The van der Waals surface area contributed by atoms with Gasteiger partial charge >= 0.3 is 0 Å². The maximum atomic E-state index is 11.7. The standard InChI is InChI=1S/C18H20N8O2/c1-2-3-13(16(19)27)25-14-8-22-15(17(20)28)18(26-14)24-11-4-5-12-10(6-11)7-21-9-23-12/h4-9,13H,2-3H2,1H3,(H2,19,27)(H2,20,28)(H2,24,25,26)/t13-/m1/s1. The molecule has 0 spiro atoms. The highest BCUT2D eigenvalue weighted by atomic mass is 16.1. The largest absolute Gasteiger partial charge is 0.368 e. The van der Waals surface area contributed by atoms with Crippen molar-refractivity contribution in [2.75, 3.05) is 10.6 Å². The summed E-state index contributed by atoms with van der Waals surface area (Å²) in [4.78, 5) is 39.9. The molecule has 10 heteroatoms. The Hall–Kier alpha value is -3.82. The molecule has 0 aliphatic rings. The molecule has 0 radical (unpaired) electrons. The number of nitrogens with one attached hydrogen (secondary N) is 2. The minimum atomic E-state index is -0.731. The van der Waals surface area contributed by atoms with Gasteiger partial charge in [-0.1, -0.05) is 13.3 Å². The van der Waals surface area contributed by atoms with Crippen molar-refractivity contribution in [3.63, 3.8) is 0 Å². The molecule has 0 fully saturated rings. The van der Waals surface area contributed by atoms with Crippen LogP contribution in [0.4, 0.5) is 17.3 Å². The third-order valence-corrected chi connectivity index (χ3v) is 4.02. The number of anilines is 3. The van der Waals surface area contributed by atoms with Crippen LogP contribution in [0.3, 0.4) is 0 Å². The smallest absolute Gasteiger partial charge is 0.271 e. The van der Waals surface area contributed by atoms with Gasteiger partial charge < -0.3 is 22.1 Å². The van der Waals surface area contributed by atoms with E-state index in [2.05, 4.69) is 30.6 Å². The molecule has 2 heterocycles. The molecule has 6 N–H and O–H groups in total. The lowest BCUT2D eigenvalue weighted by molar-refractivity contribution is -0.118. The van der Waals surface area contributed by atoms with E-state index in [1.54, 1.807) is 12.3 Å². The van der Waals surface area contributed by atoms with Crippen molar-refractivity contribution >= 4 is 40.0 Å². The highest BCUT2D eigenvalue weighted by Gasteiger charge is 2.18. The predicted molar refractivity (Wildman–Crippen MR) is 105 cm³/mol. The normalized spacial score (nSPS) is 11.8. The second kappa shape index (κ2) is 8.25. The Labute approximate surface area is 160 Å². The Morgan fingerprint density at radius 2 is 2.00 bits per heavy atom.